The lowest BCUT2D eigenvalue weighted by molar-refractivity contribution is -0.0253. The monoisotopic (exact) mass is 584 g/mol. The highest BCUT2D eigenvalue weighted by Crippen LogP contribution is 2.08. The quantitative estimate of drug-likeness (QED) is 0.122. The van der Waals surface area contributed by atoms with Gasteiger partial charge in [-0.2, -0.15) is 0 Å². The number of hydrogen-bond acceptors (Lipinski definition) is 12. The van der Waals surface area contributed by atoms with Gasteiger partial charge in [-0.15, -0.1) is 0 Å². The zero-order valence-corrected chi connectivity index (χ0v) is 25.6. The average Bonchev–Trinajstić information content (AvgIpc) is 2.91. The van der Waals surface area contributed by atoms with Crippen molar-refractivity contribution in [1.82, 2.24) is 10.2 Å². The number of nitrogens with one attached hydrogen (secondary N) is 1. The van der Waals surface area contributed by atoms with E-state index in [0.29, 0.717) is 125 Å². The Balaban J connectivity index is 3.15. The van der Waals surface area contributed by atoms with Gasteiger partial charge in [0.15, 0.2) is 0 Å². The first kappa shape index (κ1) is 38.9. The van der Waals surface area contributed by atoms with Crippen molar-refractivity contribution in [3.63, 3.8) is 0 Å². The Morgan fingerprint density at radius 1 is 0.525 bits per heavy atom. The molecule has 0 aromatic heterocycles. The summed E-state index contributed by atoms with van der Waals surface area (Å²) in [5.41, 5.74) is -0.505. The predicted molar refractivity (Wildman–Crippen MR) is 150 cm³/mol. The highest BCUT2D eigenvalue weighted by molar-refractivity contribution is 5.67. The number of rotatable bonds is 30. The molecule has 0 aliphatic heterocycles. The maximum atomic E-state index is 11.8. The minimum Gasteiger partial charge on any atom is -0.444 e. The van der Waals surface area contributed by atoms with Gasteiger partial charge >= 0.3 is 6.09 Å². The molecular weight excluding hydrogens is 528 g/mol. The molecule has 1 amide bonds. The smallest absolute Gasteiger partial charge is 0.410 e. The van der Waals surface area contributed by atoms with E-state index in [1.807, 2.05) is 27.8 Å². The van der Waals surface area contributed by atoms with Gasteiger partial charge in [-0.25, -0.2) is 4.79 Å². The van der Waals surface area contributed by atoms with Gasteiger partial charge < -0.3 is 57.6 Å². The van der Waals surface area contributed by atoms with Gasteiger partial charge in [-0.3, -0.25) is 0 Å². The largest absolute Gasteiger partial charge is 0.444 e. The molecule has 0 aromatic carbocycles. The third-order valence-electron chi connectivity index (χ3n) is 4.75. The van der Waals surface area contributed by atoms with Gasteiger partial charge in [-0.05, 0) is 27.8 Å². The first-order chi connectivity index (χ1) is 19.4. The van der Waals surface area contributed by atoms with Gasteiger partial charge in [0.25, 0.3) is 0 Å². The SMILES string of the molecule is CNCCOCCOCCOCCOCCOCCOCCOCCOCCOCCN(C)C(=O)OC(C)(C)C. The molecule has 0 aliphatic carbocycles. The molecule has 0 bridgehead atoms. The van der Waals surface area contributed by atoms with Gasteiger partial charge in [-0.1, -0.05) is 0 Å². The van der Waals surface area contributed by atoms with Gasteiger partial charge in [0.2, 0.25) is 0 Å². The van der Waals surface area contributed by atoms with Crippen molar-refractivity contribution in [3.05, 3.63) is 0 Å². The minimum absolute atomic E-state index is 0.361. The third kappa shape index (κ3) is 31.4. The van der Waals surface area contributed by atoms with Gasteiger partial charge in [0.1, 0.15) is 5.60 Å². The van der Waals surface area contributed by atoms with Crippen molar-refractivity contribution in [2.75, 3.05) is 146 Å². The molecule has 0 atom stereocenters. The minimum atomic E-state index is -0.505. The molecule has 0 fully saturated rings. The van der Waals surface area contributed by atoms with E-state index in [2.05, 4.69) is 5.32 Å². The molecular formula is C27H56N2O11. The highest BCUT2D eigenvalue weighted by Gasteiger charge is 2.19. The molecule has 240 valence electrons. The van der Waals surface area contributed by atoms with E-state index < -0.39 is 5.60 Å². The molecule has 0 spiro atoms. The van der Waals surface area contributed by atoms with Crippen molar-refractivity contribution >= 4 is 6.09 Å². The van der Waals surface area contributed by atoms with Crippen LogP contribution in [0.4, 0.5) is 4.79 Å². The Bertz CT molecular complexity index is 539. The van der Waals surface area contributed by atoms with Crippen LogP contribution in [0.2, 0.25) is 0 Å². The van der Waals surface area contributed by atoms with Crippen LogP contribution in [0, 0.1) is 0 Å². The summed E-state index contributed by atoms with van der Waals surface area (Å²) in [5.74, 6) is 0. The Morgan fingerprint density at radius 2 is 0.800 bits per heavy atom. The number of carbonyl (C=O) groups is 1. The van der Waals surface area contributed by atoms with Crippen molar-refractivity contribution < 1.29 is 52.2 Å². The highest BCUT2D eigenvalue weighted by atomic mass is 16.6. The molecule has 13 heteroatoms. The molecule has 0 aromatic rings. The maximum absolute atomic E-state index is 11.8. The summed E-state index contributed by atoms with van der Waals surface area (Å²) in [6.45, 7) is 16.1. The standard InChI is InChI=1S/C27H56N2O11/c1-27(2,3)40-26(30)29(5)7-9-32-11-13-34-15-17-36-19-21-38-23-25-39-24-22-37-20-18-35-16-14-33-12-10-31-8-6-28-4/h28H,6-25H2,1-5H3. The number of nitrogens with zero attached hydrogens (tertiary/aromatic N) is 1. The first-order valence-corrected chi connectivity index (χ1v) is 14.1. The van der Waals surface area contributed by atoms with Crippen molar-refractivity contribution in [1.29, 1.82) is 0 Å². The molecule has 0 rings (SSSR count). The Morgan fingerprint density at radius 3 is 1.07 bits per heavy atom. The topological polar surface area (TPSA) is 125 Å². The Kier molecular flexibility index (Phi) is 28.5. The fourth-order valence-electron chi connectivity index (χ4n) is 2.67. The Hall–Kier alpha value is -1.13. The lowest BCUT2D eigenvalue weighted by atomic mass is 10.2. The number of carbonyl (C=O) groups excluding carboxylic acids is 1. The zero-order valence-electron chi connectivity index (χ0n) is 25.6. The predicted octanol–water partition coefficient (Wildman–Crippen LogP) is 1.22. The summed E-state index contributed by atoms with van der Waals surface area (Å²) in [4.78, 5) is 13.3. The van der Waals surface area contributed by atoms with Crippen LogP contribution in [0.25, 0.3) is 0 Å². The van der Waals surface area contributed by atoms with E-state index in [0.717, 1.165) is 6.54 Å². The number of amides is 1. The first-order valence-electron chi connectivity index (χ1n) is 14.1. The molecule has 0 heterocycles. The van der Waals surface area contributed by atoms with Crippen molar-refractivity contribution in [3.8, 4) is 0 Å². The van der Waals surface area contributed by atoms with Crippen molar-refractivity contribution in [2.24, 2.45) is 0 Å². The maximum Gasteiger partial charge on any atom is 0.410 e. The average molecular weight is 585 g/mol. The second-order valence-electron chi connectivity index (χ2n) is 9.52. The van der Waals surface area contributed by atoms with Crippen molar-refractivity contribution in [2.45, 2.75) is 26.4 Å². The van der Waals surface area contributed by atoms with Gasteiger partial charge in [0, 0.05) is 20.1 Å². The number of hydrogen-bond donors (Lipinski definition) is 1. The van der Waals surface area contributed by atoms with Crippen LogP contribution in [0.5, 0.6) is 0 Å². The number of likely N-dealkylation sites (N-methyl/N-ethyl adjacent to an activating group) is 2. The number of ether oxygens (including phenoxy) is 10. The molecule has 0 unspecified atom stereocenters. The second kappa shape index (κ2) is 29.4. The zero-order chi connectivity index (χ0) is 29.6. The van der Waals surface area contributed by atoms with Crippen LogP contribution in [-0.2, 0) is 47.4 Å². The van der Waals surface area contributed by atoms with E-state index in [9.17, 15) is 4.79 Å². The van der Waals surface area contributed by atoms with Crippen LogP contribution in [0.3, 0.4) is 0 Å². The van der Waals surface area contributed by atoms with Crippen LogP contribution in [-0.4, -0.2) is 163 Å². The van der Waals surface area contributed by atoms with Crippen LogP contribution in [0.1, 0.15) is 20.8 Å². The molecule has 0 aliphatic rings. The molecule has 0 saturated heterocycles. The lowest BCUT2D eigenvalue weighted by Gasteiger charge is -2.24. The van der Waals surface area contributed by atoms with Crippen LogP contribution < -0.4 is 5.32 Å². The summed E-state index contributed by atoms with van der Waals surface area (Å²) in [6, 6.07) is 0. The van der Waals surface area contributed by atoms with Gasteiger partial charge in [0.05, 0.1) is 119 Å². The summed E-state index contributed by atoms with van der Waals surface area (Å²) in [6.07, 6.45) is -0.361. The molecule has 40 heavy (non-hydrogen) atoms. The summed E-state index contributed by atoms with van der Waals surface area (Å²) in [7, 11) is 3.58. The summed E-state index contributed by atoms with van der Waals surface area (Å²) >= 11 is 0. The van der Waals surface area contributed by atoms with E-state index in [4.69, 9.17) is 47.4 Å². The normalized spacial score (nSPS) is 11.7. The summed E-state index contributed by atoms with van der Waals surface area (Å²) in [5, 5.41) is 3.02. The molecule has 13 nitrogen and oxygen atoms in total. The summed E-state index contributed by atoms with van der Waals surface area (Å²) < 4.78 is 54.2. The van der Waals surface area contributed by atoms with E-state index in [1.165, 1.54) is 4.90 Å². The Labute approximate surface area is 241 Å². The van der Waals surface area contributed by atoms with E-state index in [1.54, 1.807) is 7.05 Å². The molecule has 1 N–H and O–H groups in total. The lowest BCUT2D eigenvalue weighted by Crippen LogP contribution is -2.36. The van der Waals surface area contributed by atoms with Crippen LogP contribution >= 0.6 is 0 Å². The van der Waals surface area contributed by atoms with Crippen LogP contribution in [0.15, 0.2) is 0 Å². The van der Waals surface area contributed by atoms with E-state index in [-0.39, 0.29) is 6.09 Å². The second-order valence-corrected chi connectivity index (χ2v) is 9.52. The fraction of sp³-hybridized carbons (Fsp3) is 0.963. The molecule has 0 saturated carbocycles. The third-order valence-corrected chi connectivity index (χ3v) is 4.75. The fourth-order valence-corrected chi connectivity index (χ4v) is 2.67. The van der Waals surface area contributed by atoms with E-state index >= 15 is 0 Å². The molecule has 0 radical (unpaired) electrons.